The van der Waals surface area contributed by atoms with Gasteiger partial charge in [-0.25, -0.2) is 0 Å². The van der Waals surface area contributed by atoms with Gasteiger partial charge in [0.15, 0.2) is 0 Å². The summed E-state index contributed by atoms with van der Waals surface area (Å²) in [6, 6.07) is -16.8. The van der Waals surface area contributed by atoms with Gasteiger partial charge in [-0.05, 0) is 78.4 Å². The summed E-state index contributed by atoms with van der Waals surface area (Å²) < 4.78 is 219. The molecule has 43 heavy (non-hydrogen) atoms. The van der Waals surface area contributed by atoms with Crippen LogP contribution in [0.25, 0.3) is 87.6 Å². The third-order valence-corrected chi connectivity index (χ3v) is 7.04. The van der Waals surface area contributed by atoms with Crippen LogP contribution in [0.3, 0.4) is 0 Å². The van der Waals surface area contributed by atoms with E-state index >= 15 is 0 Å². The highest BCUT2D eigenvalue weighted by molar-refractivity contribution is 6.22. The van der Waals surface area contributed by atoms with Gasteiger partial charge in [-0.1, -0.05) is 139 Å². The van der Waals surface area contributed by atoms with E-state index in [0.29, 0.717) is 0 Å². The summed E-state index contributed by atoms with van der Waals surface area (Å²) in [6.45, 7) is 0. The van der Waals surface area contributed by atoms with Crippen LogP contribution in [-0.2, 0) is 0 Å². The van der Waals surface area contributed by atoms with Gasteiger partial charge in [0.1, 0.15) is 11.2 Å². The van der Waals surface area contributed by atoms with Gasteiger partial charge in [0.2, 0.25) is 0 Å². The zero-order chi connectivity index (χ0) is 49.2. The molecule has 9 rings (SSSR count). The van der Waals surface area contributed by atoms with Gasteiger partial charge in [-0.2, -0.15) is 0 Å². The molecular formula is C42H26O. The maximum atomic E-state index is 9.74. The monoisotopic (exact) mass is 570 g/mol. The van der Waals surface area contributed by atoms with Crippen molar-refractivity contribution in [2.24, 2.45) is 0 Å². The summed E-state index contributed by atoms with van der Waals surface area (Å²) in [5.74, 6) is 0. The number of benzene rings is 8. The second kappa shape index (κ2) is 9.44. The van der Waals surface area contributed by atoms with Crippen molar-refractivity contribution in [3.05, 3.63) is 157 Å². The molecule has 200 valence electrons. The second-order valence-corrected chi connectivity index (χ2v) is 9.38. The molecule has 0 bridgehead atoms. The van der Waals surface area contributed by atoms with Crippen LogP contribution in [0, 0.1) is 0 Å². The lowest BCUT2D eigenvalue weighted by Gasteiger charge is -2.18. The van der Waals surface area contributed by atoms with Crippen LogP contribution in [0.1, 0.15) is 32.9 Å². The molecule has 1 nitrogen and oxygen atoms in total. The molecule has 0 saturated carbocycles. The van der Waals surface area contributed by atoms with Gasteiger partial charge in [0, 0.05) is 16.2 Å². The molecule has 0 aliphatic carbocycles. The molecule has 1 heterocycles. The predicted octanol–water partition coefficient (Wildman–Crippen LogP) is 12.0. The molecular weight excluding hydrogens is 520 g/mol. The van der Waals surface area contributed by atoms with E-state index in [1.165, 1.54) is 0 Å². The molecule has 0 radical (unpaired) electrons. The second-order valence-electron chi connectivity index (χ2n) is 9.38. The quantitative estimate of drug-likeness (QED) is 0.193. The predicted molar refractivity (Wildman–Crippen MR) is 183 cm³/mol. The van der Waals surface area contributed by atoms with Crippen LogP contribution in [0.4, 0.5) is 0 Å². The van der Waals surface area contributed by atoms with Crippen molar-refractivity contribution < 1.29 is 37.3 Å². The van der Waals surface area contributed by atoms with Crippen molar-refractivity contribution >= 4 is 54.3 Å². The smallest absolute Gasteiger partial charge is 0.143 e. The minimum atomic E-state index is -0.943. The molecule has 0 atom stereocenters. The van der Waals surface area contributed by atoms with E-state index in [2.05, 4.69) is 0 Å². The van der Waals surface area contributed by atoms with Crippen LogP contribution < -0.4 is 0 Å². The van der Waals surface area contributed by atoms with Gasteiger partial charge in [0.25, 0.3) is 0 Å². The standard InChI is InChI=1S/C42H26O/c1-2-10-27(11-3-1)28-18-20-30(21-19-28)40-33-14-6-8-16-35(33)41(36-17-9-7-15-34(36)40)31-23-25-39-38(26-31)37-24-22-29-12-4-5-13-32(29)42(37)43-39/h1-26H/i1D,2D,3D,4D,5D,6D,8D,10D,11D,12D,13D,14D,15D,16D,17D,18D,19D,20D,21D,22D,23D,24D,25D,26D. The van der Waals surface area contributed by atoms with Crippen molar-refractivity contribution in [2.45, 2.75) is 0 Å². The lowest BCUT2D eigenvalue weighted by atomic mass is 9.85. The molecule has 0 amide bonds. The fourth-order valence-electron chi connectivity index (χ4n) is 5.20. The van der Waals surface area contributed by atoms with Crippen molar-refractivity contribution in [1.82, 2.24) is 0 Å². The fraction of sp³-hybridized carbons (Fsp3) is 0. The van der Waals surface area contributed by atoms with Crippen LogP contribution in [0.2, 0.25) is 0 Å². The molecule has 0 saturated heterocycles. The Kier molecular flexibility index (Phi) is 2.25. The first-order chi connectivity index (χ1) is 31.3. The molecule has 1 heteroatoms. The normalized spacial score (nSPS) is 19.5. The molecule has 0 aliphatic heterocycles. The Hall–Kier alpha value is -5.66. The largest absolute Gasteiger partial charge is 0.455 e. The fourth-order valence-corrected chi connectivity index (χ4v) is 5.20. The van der Waals surface area contributed by atoms with Gasteiger partial charge < -0.3 is 4.42 Å². The zero-order valence-electron chi connectivity index (χ0n) is 45.6. The molecule has 9 aromatic rings. The number of rotatable bonds is 3. The number of furan rings is 1. The Morgan fingerprint density at radius 3 is 1.67 bits per heavy atom. The first-order valence-corrected chi connectivity index (χ1v) is 12.8. The highest BCUT2D eigenvalue weighted by atomic mass is 16.3. The average molecular weight is 571 g/mol. The molecule has 8 aromatic carbocycles. The molecule has 0 spiro atoms. The first kappa shape index (κ1) is 10.3. The van der Waals surface area contributed by atoms with Crippen molar-refractivity contribution in [2.75, 3.05) is 0 Å². The molecule has 1 aromatic heterocycles. The first-order valence-electron chi connectivity index (χ1n) is 24.8. The summed E-state index contributed by atoms with van der Waals surface area (Å²) in [6.07, 6.45) is 0. The molecule has 0 N–H and O–H groups in total. The lowest BCUT2D eigenvalue weighted by molar-refractivity contribution is 0.672. The van der Waals surface area contributed by atoms with Gasteiger partial charge >= 0.3 is 0 Å². The van der Waals surface area contributed by atoms with E-state index in [1.807, 2.05) is 0 Å². The average Bonchev–Trinajstić information content (AvgIpc) is 3.70. The van der Waals surface area contributed by atoms with E-state index in [9.17, 15) is 12.3 Å². The third kappa shape index (κ3) is 3.72. The van der Waals surface area contributed by atoms with Crippen molar-refractivity contribution in [3.8, 4) is 33.4 Å². The van der Waals surface area contributed by atoms with E-state index in [-0.39, 0.29) is 10.8 Å². The Morgan fingerprint density at radius 2 is 0.930 bits per heavy atom. The van der Waals surface area contributed by atoms with E-state index in [4.69, 9.17) is 25.0 Å². The van der Waals surface area contributed by atoms with E-state index in [1.54, 1.807) is 0 Å². The van der Waals surface area contributed by atoms with Gasteiger partial charge in [0.05, 0.1) is 32.9 Å². The highest BCUT2D eigenvalue weighted by Gasteiger charge is 2.18. The van der Waals surface area contributed by atoms with Crippen LogP contribution in [0.15, 0.2) is 162 Å². The SMILES string of the molecule is [2H]c1c([2H])c([2H])c(-c2c([2H])c([2H])c(-c3c4c([2H])ccc([2H])c4c(-c4c([2H])c([2H])c5oc6c7c([2H])c([2H])c([2H])c([2H])c7c([2H])c([2H])c6c5c4[2H])c4c([2H])c([2H])c([2H])c([2H])c34)c([2H])c2[2H])c([2H])c1[2H]. The summed E-state index contributed by atoms with van der Waals surface area (Å²) >= 11 is 0. The maximum absolute atomic E-state index is 9.74. The van der Waals surface area contributed by atoms with E-state index in [0.717, 1.165) is 12.1 Å². The summed E-state index contributed by atoms with van der Waals surface area (Å²) in [5.41, 5.74) is -4.64. The van der Waals surface area contributed by atoms with Gasteiger partial charge in [-0.15, -0.1) is 0 Å². The third-order valence-electron chi connectivity index (χ3n) is 7.04. The lowest BCUT2D eigenvalue weighted by Crippen LogP contribution is -1.91. The molecule has 0 unspecified atom stereocenters. The Bertz CT molecular complexity index is 3800. The molecule has 0 fully saturated rings. The van der Waals surface area contributed by atoms with Crippen molar-refractivity contribution in [1.29, 1.82) is 0 Å². The number of hydrogen-bond donors (Lipinski definition) is 0. The topological polar surface area (TPSA) is 13.1 Å². The van der Waals surface area contributed by atoms with Crippen LogP contribution >= 0.6 is 0 Å². The summed E-state index contributed by atoms with van der Waals surface area (Å²) in [5, 5.41) is -3.55. The Labute approximate surface area is 283 Å². The van der Waals surface area contributed by atoms with Crippen molar-refractivity contribution in [3.63, 3.8) is 0 Å². The minimum Gasteiger partial charge on any atom is -0.455 e. The Morgan fingerprint density at radius 1 is 0.372 bits per heavy atom. The summed E-state index contributed by atoms with van der Waals surface area (Å²) in [7, 11) is 0. The highest BCUT2D eigenvalue weighted by Crippen LogP contribution is 2.45. The Balaban J connectivity index is 1.53. The van der Waals surface area contributed by atoms with E-state index < -0.39 is 222 Å². The number of hydrogen-bond acceptors (Lipinski definition) is 1. The maximum Gasteiger partial charge on any atom is 0.143 e. The minimum absolute atomic E-state index is 0.357. The zero-order valence-corrected chi connectivity index (χ0v) is 21.6. The van der Waals surface area contributed by atoms with Gasteiger partial charge in [-0.3, -0.25) is 0 Å². The number of fused-ring (bicyclic) bond motifs is 7. The van der Waals surface area contributed by atoms with Crippen LogP contribution in [-0.4, -0.2) is 0 Å². The summed E-state index contributed by atoms with van der Waals surface area (Å²) in [4.78, 5) is 0. The van der Waals surface area contributed by atoms with Crippen LogP contribution in [0.5, 0.6) is 0 Å². The molecule has 0 aliphatic rings.